The number of aliphatic hydroxyl groups is 1. The van der Waals surface area contributed by atoms with Crippen molar-refractivity contribution in [1.29, 1.82) is 0 Å². The van der Waals surface area contributed by atoms with Crippen molar-refractivity contribution in [2.24, 2.45) is 0 Å². The summed E-state index contributed by atoms with van der Waals surface area (Å²) >= 11 is 5.84. The van der Waals surface area contributed by atoms with Gasteiger partial charge in [0.1, 0.15) is 10.7 Å². The molecule has 18 heavy (non-hydrogen) atoms. The molecular weight excluding hydrogens is 250 g/mol. The summed E-state index contributed by atoms with van der Waals surface area (Å²) in [5.74, 6) is 0. The molecule has 0 spiro atoms. The number of aromatic nitrogens is 3. The number of rotatable bonds is 2. The Kier molecular flexibility index (Phi) is 4.71. The van der Waals surface area contributed by atoms with E-state index in [1.807, 2.05) is 26.8 Å². The van der Waals surface area contributed by atoms with Gasteiger partial charge in [0.15, 0.2) is 0 Å². The first-order valence-electron chi connectivity index (χ1n) is 6.09. The Bertz CT molecular complexity index is 529. The molecule has 2 heterocycles. The fourth-order valence-electron chi connectivity index (χ4n) is 1.67. The maximum atomic E-state index is 9.79. The van der Waals surface area contributed by atoms with Crippen molar-refractivity contribution in [3.8, 4) is 0 Å². The molecule has 4 nitrogen and oxygen atoms in total. The molecule has 0 atom stereocenters. The fourth-order valence-corrected chi connectivity index (χ4v) is 1.82. The molecule has 5 heteroatoms. The smallest absolute Gasteiger partial charge is 0.129 e. The lowest BCUT2D eigenvalue weighted by molar-refractivity contribution is 0.0590. The molecule has 1 N–H and O–H groups in total. The monoisotopic (exact) mass is 269 g/mol. The molecule has 0 amide bonds. The maximum absolute atomic E-state index is 9.79. The lowest BCUT2D eigenvalue weighted by atomic mass is 10.1. The normalized spacial score (nSPS) is 11.3. The topological polar surface area (TPSA) is 50.9 Å². The number of hydrogen-bond acceptors (Lipinski definition) is 3. The summed E-state index contributed by atoms with van der Waals surface area (Å²) in [5.41, 5.74) is 1.70. The Hall–Kier alpha value is -1.13. The van der Waals surface area contributed by atoms with Crippen LogP contribution in [0.25, 0.3) is 11.0 Å². The highest BCUT2D eigenvalue weighted by Gasteiger charge is 2.17. The third-order valence-corrected chi connectivity index (χ3v) is 2.48. The second-order valence-corrected chi connectivity index (χ2v) is 4.94. The van der Waals surface area contributed by atoms with Crippen LogP contribution in [-0.4, -0.2) is 25.5 Å². The van der Waals surface area contributed by atoms with Crippen LogP contribution in [0.15, 0.2) is 12.1 Å². The zero-order valence-corrected chi connectivity index (χ0v) is 12.3. The van der Waals surface area contributed by atoms with Crippen LogP contribution >= 0.6 is 11.6 Å². The standard InChI is InChI=1S/C11H14ClN3O.C2H6/c1-7-10-8(4-5-9(12)13-10)15(14-7)6-11(2,3)16;1-2/h4-5,16H,6H2,1-3H3;1-2H3. The van der Waals surface area contributed by atoms with Gasteiger partial charge in [0.25, 0.3) is 0 Å². The molecule has 100 valence electrons. The molecule has 2 rings (SSSR count). The summed E-state index contributed by atoms with van der Waals surface area (Å²) in [6.45, 7) is 9.81. The van der Waals surface area contributed by atoms with E-state index >= 15 is 0 Å². The third kappa shape index (κ3) is 3.43. The van der Waals surface area contributed by atoms with Crippen LogP contribution in [-0.2, 0) is 6.54 Å². The molecule has 0 saturated carbocycles. The van der Waals surface area contributed by atoms with Crippen molar-refractivity contribution < 1.29 is 5.11 Å². The van der Waals surface area contributed by atoms with Gasteiger partial charge in [0, 0.05) is 0 Å². The van der Waals surface area contributed by atoms with Crippen molar-refractivity contribution in [2.75, 3.05) is 0 Å². The Morgan fingerprint density at radius 3 is 2.50 bits per heavy atom. The number of aryl methyl sites for hydroxylation is 1. The van der Waals surface area contributed by atoms with E-state index < -0.39 is 5.60 Å². The summed E-state index contributed by atoms with van der Waals surface area (Å²) in [4.78, 5) is 4.23. The molecule has 0 radical (unpaired) electrons. The molecule has 0 bridgehead atoms. The second kappa shape index (κ2) is 5.67. The second-order valence-electron chi connectivity index (χ2n) is 4.56. The Morgan fingerprint density at radius 2 is 1.94 bits per heavy atom. The predicted octanol–water partition coefficient (Wildman–Crippen LogP) is 3.19. The zero-order valence-electron chi connectivity index (χ0n) is 11.5. The third-order valence-electron chi connectivity index (χ3n) is 2.27. The van der Waals surface area contributed by atoms with Crippen molar-refractivity contribution in [2.45, 2.75) is 46.8 Å². The van der Waals surface area contributed by atoms with Crippen molar-refractivity contribution in [3.05, 3.63) is 23.0 Å². The predicted molar refractivity (Wildman–Crippen MR) is 74.9 cm³/mol. The van der Waals surface area contributed by atoms with Gasteiger partial charge in [-0.25, -0.2) is 4.98 Å². The van der Waals surface area contributed by atoms with E-state index in [1.165, 1.54) is 0 Å². The lowest BCUT2D eigenvalue weighted by Crippen LogP contribution is -2.26. The van der Waals surface area contributed by atoms with Gasteiger partial charge in [-0.15, -0.1) is 0 Å². The minimum Gasteiger partial charge on any atom is -0.389 e. The Morgan fingerprint density at radius 1 is 1.33 bits per heavy atom. The summed E-state index contributed by atoms with van der Waals surface area (Å²) in [7, 11) is 0. The quantitative estimate of drug-likeness (QED) is 0.852. The van der Waals surface area contributed by atoms with Crippen LogP contribution in [0.2, 0.25) is 5.15 Å². The van der Waals surface area contributed by atoms with E-state index in [4.69, 9.17) is 11.6 Å². The molecule has 0 aromatic carbocycles. The fraction of sp³-hybridized carbons (Fsp3) is 0.538. The average Bonchev–Trinajstić information content (AvgIpc) is 2.56. The van der Waals surface area contributed by atoms with E-state index in [9.17, 15) is 5.11 Å². The SMILES string of the molecule is CC.Cc1nn(CC(C)(C)O)c2ccc(Cl)nc12. The highest BCUT2D eigenvalue weighted by Crippen LogP contribution is 2.20. The molecule has 0 aliphatic rings. The summed E-state index contributed by atoms with van der Waals surface area (Å²) in [5, 5.41) is 14.6. The van der Waals surface area contributed by atoms with Gasteiger partial charge in [-0.05, 0) is 32.9 Å². The van der Waals surface area contributed by atoms with E-state index in [2.05, 4.69) is 10.1 Å². The largest absolute Gasteiger partial charge is 0.389 e. The number of fused-ring (bicyclic) bond motifs is 1. The van der Waals surface area contributed by atoms with Gasteiger partial charge in [-0.3, -0.25) is 4.68 Å². The number of halogens is 1. The van der Waals surface area contributed by atoms with E-state index in [1.54, 1.807) is 24.6 Å². The number of pyridine rings is 1. The average molecular weight is 270 g/mol. The Balaban J connectivity index is 0.000000771. The van der Waals surface area contributed by atoms with Gasteiger partial charge < -0.3 is 5.11 Å². The van der Waals surface area contributed by atoms with Gasteiger partial charge in [0.05, 0.1) is 23.4 Å². The van der Waals surface area contributed by atoms with Crippen LogP contribution < -0.4 is 0 Å². The van der Waals surface area contributed by atoms with Gasteiger partial charge >= 0.3 is 0 Å². The van der Waals surface area contributed by atoms with E-state index in [-0.39, 0.29) is 0 Å². The van der Waals surface area contributed by atoms with Crippen LogP contribution in [0.3, 0.4) is 0 Å². The number of hydrogen-bond donors (Lipinski definition) is 1. The Labute approximate surface area is 113 Å². The molecule has 0 aliphatic heterocycles. The van der Waals surface area contributed by atoms with Crippen LogP contribution in [0.5, 0.6) is 0 Å². The highest BCUT2D eigenvalue weighted by atomic mass is 35.5. The van der Waals surface area contributed by atoms with E-state index in [0.29, 0.717) is 11.7 Å². The maximum Gasteiger partial charge on any atom is 0.129 e. The van der Waals surface area contributed by atoms with Gasteiger partial charge in [-0.2, -0.15) is 5.10 Å². The summed E-state index contributed by atoms with van der Waals surface area (Å²) < 4.78 is 1.76. The van der Waals surface area contributed by atoms with E-state index in [0.717, 1.165) is 16.7 Å². The zero-order chi connectivity index (χ0) is 13.9. The highest BCUT2D eigenvalue weighted by molar-refractivity contribution is 6.29. The van der Waals surface area contributed by atoms with Crippen molar-refractivity contribution >= 4 is 22.6 Å². The lowest BCUT2D eigenvalue weighted by Gasteiger charge is -2.17. The molecule has 0 saturated heterocycles. The molecule has 0 aliphatic carbocycles. The summed E-state index contributed by atoms with van der Waals surface area (Å²) in [6, 6.07) is 3.60. The van der Waals surface area contributed by atoms with Crippen LogP contribution in [0, 0.1) is 6.92 Å². The van der Waals surface area contributed by atoms with Gasteiger partial charge in [0.2, 0.25) is 0 Å². The molecular formula is C13H20ClN3O. The summed E-state index contributed by atoms with van der Waals surface area (Å²) in [6.07, 6.45) is 0. The minimum absolute atomic E-state index is 0.431. The number of nitrogens with zero attached hydrogens (tertiary/aromatic N) is 3. The van der Waals surface area contributed by atoms with Crippen molar-refractivity contribution in [3.63, 3.8) is 0 Å². The minimum atomic E-state index is -0.801. The molecule has 0 fully saturated rings. The molecule has 0 unspecified atom stereocenters. The van der Waals surface area contributed by atoms with Crippen molar-refractivity contribution in [1.82, 2.24) is 14.8 Å². The van der Waals surface area contributed by atoms with Crippen LogP contribution in [0.4, 0.5) is 0 Å². The van der Waals surface area contributed by atoms with Gasteiger partial charge in [-0.1, -0.05) is 25.4 Å². The first-order chi connectivity index (χ1) is 8.37. The molecule has 2 aromatic rings. The van der Waals surface area contributed by atoms with Crippen LogP contribution in [0.1, 0.15) is 33.4 Å². The first-order valence-corrected chi connectivity index (χ1v) is 6.47. The molecule has 2 aromatic heterocycles. The first kappa shape index (κ1) is 14.9.